The molecule has 38 valence electrons. The fourth-order valence-corrected chi connectivity index (χ4v) is 0. The summed E-state index contributed by atoms with van der Waals surface area (Å²) < 4.78 is 0. The number of hydrogen-bond acceptors (Lipinski definition) is 3. The van der Waals surface area contributed by atoms with Crippen molar-refractivity contribution in [2.45, 2.75) is 0 Å². The van der Waals surface area contributed by atoms with Gasteiger partial charge in [-0.15, -0.1) is 0 Å². The van der Waals surface area contributed by atoms with Gasteiger partial charge in [-0.25, -0.2) is 0 Å². The fourth-order valence-electron chi connectivity index (χ4n) is 0. The van der Waals surface area contributed by atoms with E-state index < -0.39 is 8.60 Å². The SMILES string of the molecule is F.OP(O)O.[Ti]. The third-order valence-corrected chi connectivity index (χ3v) is 0. The van der Waals surface area contributed by atoms with E-state index in [0.717, 1.165) is 0 Å². The summed E-state index contributed by atoms with van der Waals surface area (Å²) in [4.78, 5) is 21.7. The third-order valence-electron chi connectivity index (χ3n) is 0. The summed E-state index contributed by atoms with van der Waals surface area (Å²) in [6.07, 6.45) is 0. The minimum absolute atomic E-state index is 0. The van der Waals surface area contributed by atoms with Crippen LogP contribution in [-0.4, -0.2) is 14.7 Å². The Hall–Kier alpha value is 0.954. The molecule has 0 radical (unpaired) electrons. The first-order valence-corrected chi connectivity index (χ1v) is 1.80. The van der Waals surface area contributed by atoms with Crippen LogP contribution in [-0.2, 0) is 21.7 Å². The Balaban J connectivity index is -0.0000000450. The summed E-state index contributed by atoms with van der Waals surface area (Å²) in [5.41, 5.74) is 0. The summed E-state index contributed by atoms with van der Waals surface area (Å²) in [6, 6.07) is 0. The van der Waals surface area contributed by atoms with Gasteiger partial charge in [0.1, 0.15) is 0 Å². The molecule has 0 fully saturated rings. The number of hydrogen-bond donors (Lipinski definition) is 3. The van der Waals surface area contributed by atoms with Gasteiger partial charge in [-0.3, -0.25) is 4.70 Å². The van der Waals surface area contributed by atoms with E-state index in [4.69, 9.17) is 14.7 Å². The first kappa shape index (κ1) is 15.8. The monoisotopic (exact) mass is 150 g/mol. The van der Waals surface area contributed by atoms with E-state index in [9.17, 15) is 0 Å². The summed E-state index contributed by atoms with van der Waals surface area (Å²) in [5.74, 6) is 0. The largest absolute Gasteiger partial charge is 0.328 e. The second-order valence-electron chi connectivity index (χ2n) is 0.268. The molecular formula is H4FO3PTi. The van der Waals surface area contributed by atoms with Crippen molar-refractivity contribution in [2.24, 2.45) is 0 Å². The van der Waals surface area contributed by atoms with Crippen LogP contribution in [0.15, 0.2) is 0 Å². The molecule has 0 aliphatic carbocycles. The van der Waals surface area contributed by atoms with Crippen LogP contribution in [0.25, 0.3) is 0 Å². The van der Waals surface area contributed by atoms with E-state index in [-0.39, 0.29) is 26.4 Å². The number of rotatable bonds is 0. The van der Waals surface area contributed by atoms with Crippen molar-refractivity contribution in [1.29, 1.82) is 0 Å². The molecule has 0 aliphatic heterocycles. The van der Waals surface area contributed by atoms with Crippen LogP contribution in [0.2, 0.25) is 0 Å². The second kappa shape index (κ2) is 9.35. The minimum Gasteiger partial charge on any atom is -0.328 e. The predicted octanol–water partition coefficient (Wildman–Crippen LogP) is -0.660. The molecule has 0 aliphatic rings. The van der Waals surface area contributed by atoms with Gasteiger partial charge >= 0.3 is 8.60 Å². The van der Waals surface area contributed by atoms with E-state index in [1.807, 2.05) is 0 Å². The molecule has 0 aromatic carbocycles. The summed E-state index contributed by atoms with van der Waals surface area (Å²) in [6.45, 7) is 0. The molecule has 0 aromatic rings. The van der Waals surface area contributed by atoms with Crippen LogP contribution >= 0.6 is 8.60 Å². The predicted molar refractivity (Wildman–Crippen MR) is 16.1 cm³/mol. The molecule has 0 unspecified atom stereocenters. The fraction of sp³-hybridized carbons (Fsp3) is 0. The van der Waals surface area contributed by atoms with Gasteiger partial charge in [0.2, 0.25) is 0 Å². The van der Waals surface area contributed by atoms with Gasteiger partial charge in [0.05, 0.1) is 0 Å². The maximum absolute atomic E-state index is 7.23. The maximum atomic E-state index is 7.23. The van der Waals surface area contributed by atoms with Crippen molar-refractivity contribution >= 4 is 8.60 Å². The van der Waals surface area contributed by atoms with Gasteiger partial charge in [-0.05, 0) is 0 Å². The van der Waals surface area contributed by atoms with Crippen LogP contribution < -0.4 is 0 Å². The van der Waals surface area contributed by atoms with Gasteiger partial charge in [-0.2, -0.15) is 0 Å². The van der Waals surface area contributed by atoms with Crippen molar-refractivity contribution in [3.05, 3.63) is 0 Å². The quantitative estimate of drug-likeness (QED) is 0.317. The summed E-state index contributed by atoms with van der Waals surface area (Å²) in [7, 11) is -2.62. The molecule has 0 atom stereocenters. The normalized spacial score (nSPS) is 6.00. The zero-order valence-corrected chi connectivity index (χ0v) is 5.15. The standard InChI is InChI=1S/FH.H3O3P.Ti/c;1-4(2)3;/h1H;1-3H;. The third kappa shape index (κ3) is 85.1. The Labute approximate surface area is 50.3 Å². The van der Waals surface area contributed by atoms with Crippen molar-refractivity contribution in [2.75, 3.05) is 0 Å². The Morgan fingerprint density at radius 1 is 1.00 bits per heavy atom. The van der Waals surface area contributed by atoms with Gasteiger partial charge in [0.15, 0.2) is 0 Å². The van der Waals surface area contributed by atoms with Crippen LogP contribution in [0.3, 0.4) is 0 Å². The second-order valence-corrected chi connectivity index (χ2v) is 0.805. The average Bonchev–Trinajstić information content (AvgIpc) is 0.811. The van der Waals surface area contributed by atoms with Crippen molar-refractivity contribution in [1.82, 2.24) is 0 Å². The molecule has 6 heavy (non-hydrogen) atoms. The van der Waals surface area contributed by atoms with E-state index in [1.54, 1.807) is 0 Å². The van der Waals surface area contributed by atoms with E-state index in [0.29, 0.717) is 0 Å². The topological polar surface area (TPSA) is 60.7 Å². The van der Waals surface area contributed by atoms with Crippen LogP contribution in [0.1, 0.15) is 0 Å². The molecule has 0 aromatic heterocycles. The van der Waals surface area contributed by atoms with E-state index in [2.05, 4.69) is 0 Å². The minimum atomic E-state index is -2.62. The van der Waals surface area contributed by atoms with Crippen molar-refractivity contribution in [3.63, 3.8) is 0 Å². The molecule has 0 saturated heterocycles. The molecule has 3 N–H and O–H groups in total. The first-order valence-electron chi connectivity index (χ1n) is 0.600. The summed E-state index contributed by atoms with van der Waals surface area (Å²) >= 11 is 0. The van der Waals surface area contributed by atoms with Gasteiger partial charge < -0.3 is 14.7 Å². The zero-order valence-electron chi connectivity index (χ0n) is 2.70. The number of halogens is 1. The van der Waals surface area contributed by atoms with Gasteiger partial charge in [0.25, 0.3) is 0 Å². The molecule has 0 heterocycles. The van der Waals surface area contributed by atoms with Gasteiger partial charge in [-0.1, -0.05) is 0 Å². The van der Waals surface area contributed by atoms with Crippen LogP contribution in [0.5, 0.6) is 0 Å². The molecule has 0 amide bonds. The Morgan fingerprint density at radius 3 is 1.00 bits per heavy atom. The molecule has 6 heteroatoms. The Morgan fingerprint density at radius 2 is 1.00 bits per heavy atom. The Kier molecular flexibility index (Phi) is 24.6. The van der Waals surface area contributed by atoms with Crippen LogP contribution in [0, 0.1) is 0 Å². The molecule has 0 spiro atoms. The first-order chi connectivity index (χ1) is 1.73. The van der Waals surface area contributed by atoms with E-state index >= 15 is 0 Å². The van der Waals surface area contributed by atoms with Crippen LogP contribution in [0.4, 0.5) is 4.70 Å². The molecule has 0 rings (SSSR count). The molecule has 0 bridgehead atoms. The smallest absolute Gasteiger partial charge is 0.324 e. The maximum Gasteiger partial charge on any atom is 0.324 e. The van der Waals surface area contributed by atoms with Crippen molar-refractivity contribution < 1.29 is 41.1 Å². The molecular weight excluding hydrogens is 146 g/mol. The van der Waals surface area contributed by atoms with Gasteiger partial charge in [0, 0.05) is 21.7 Å². The van der Waals surface area contributed by atoms with Crippen molar-refractivity contribution in [3.8, 4) is 0 Å². The zero-order chi connectivity index (χ0) is 3.58. The van der Waals surface area contributed by atoms with E-state index in [1.165, 1.54) is 0 Å². The average molecular weight is 150 g/mol. The Bertz CT molecular complexity index is 15.5. The molecule has 3 nitrogen and oxygen atoms in total. The summed E-state index contributed by atoms with van der Waals surface area (Å²) in [5, 5.41) is 0. The molecule has 0 saturated carbocycles.